The van der Waals surface area contributed by atoms with Gasteiger partial charge >= 0.3 is 0 Å². The molecule has 0 spiro atoms. The number of likely N-dealkylation sites (N-methyl/N-ethyl adjacent to an activating group) is 1. The van der Waals surface area contributed by atoms with E-state index in [0.717, 1.165) is 4.90 Å². The summed E-state index contributed by atoms with van der Waals surface area (Å²) in [5, 5.41) is 9.57. The van der Waals surface area contributed by atoms with Crippen molar-refractivity contribution >= 4 is 11.8 Å². The summed E-state index contributed by atoms with van der Waals surface area (Å²) < 4.78 is 0. The Kier molecular flexibility index (Phi) is 1.86. The maximum absolute atomic E-state index is 11.6. The highest BCUT2D eigenvalue weighted by molar-refractivity contribution is 6.10. The smallest absolute Gasteiger partial charge is 0.262 e. The molecule has 1 aromatic rings. The molecule has 0 radical (unpaired) electrons. The van der Waals surface area contributed by atoms with Crippen molar-refractivity contribution in [2.24, 2.45) is 0 Å². The quantitative estimate of drug-likeness (QED) is 0.601. The third-order valence-electron chi connectivity index (χ3n) is 2.35. The standard InChI is InChI=1S/C10H9NO3/c1-11-9(13)7-5-3-2-4-6(7)8(12)10(11)14/h2-5,8,12H,1H3. The Balaban J connectivity index is 2.62. The first-order chi connectivity index (χ1) is 6.63. The molecule has 72 valence electrons. The van der Waals surface area contributed by atoms with Crippen LogP contribution in [-0.4, -0.2) is 28.9 Å². The normalized spacial score (nSPS) is 21.0. The average molecular weight is 191 g/mol. The van der Waals surface area contributed by atoms with Gasteiger partial charge in [-0.05, 0) is 6.07 Å². The summed E-state index contributed by atoms with van der Waals surface area (Å²) >= 11 is 0. The molecular formula is C10H9NO3. The number of benzene rings is 1. The molecular weight excluding hydrogens is 182 g/mol. The lowest BCUT2D eigenvalue weighted by atomic mass is 9.97. The molecule has 1 heterocycles. The van der Waals surface area contributed by atoms with E-state index in [-0.39, 0.29) is 5.91 Å². The van der Waals surface area contributed by atoms with Crippen LogP contribution in [0.3, 0.4) is 0 Å². The predicted molar refractivity (Wildman–Crippen MR) is 48.5 cm³/mol. The molecule has 0 aromatic heterocycles. The van der Waals surface area contributed by atoms with Crippen LogP contribution < -0.4 is 0 Å². The third kappa shape index (κ3) is 1.04. The Morgan fingerprint density at radius 1 is 1.29 bits per heavy atom. The molecule has 2 amide bonds. The minimum Gasteiger partial charge on any atom is -0.378 e. The van der Waals surface area contributed by atoms with Gasteiger partial charge in [0.2, 0.25) is 0 Å². The number of hydrogen-bond acceptors (Lipinski definition) is 3. The zero-order valence-electron chi connectivity index (χ0n) is 7.60. The van der Waals surface area contributed by atoms with Crippen LogP contribution in [0.4, 0.5) is 0 Å². The first kappa shape index (κ1) is 8.90. The van der Waals surface area contributed by atoms with Crippen LogP contribution in [0.25, 0.3) is 0 Å². The van der Waals surface area contributed by atoms with Crippen molar-refractivity contribution in [2.75, 3.05) is 7.05 Å². The van der Waals surface area contributed by atoms with Crippen LogP contribution in [0, 0.1) is 0 Å². The van der Waals surface area contributed by atoms with Gasteiger partial charge in [0.15, 0.2) is 6.10 Å². The van der Waals surface area contributed by atoms with Crippen molar-refractivity contribution in [1.29, 1.82) is 0 Å². The van der Waals surface area contributed by atoms with Gasteiger partial charge in [-0.3, -0.25) is 14.5 Å². The molecule has 1 aliphatic heterocycles. The average Bonchev–Trinajstić information content (AvgIpc) is 2.23. The van der Waals surface area contributed by atoms with Crippen molar-refractivity contribution in [1.82, 2.24) is 4.90 Å². The fourth-order valence-electron chi connectivity index (χ4n) is 1.53. The summed E-state index contributed by atoms with van der Waals surface area (Å²) in [7, 11) is 1.36. The van der Waals surface area contributed by atoms with Gasteiger partial charge in [0.1, 0.15) is 0 Å². The number of imide groups is 1. The molecule has 1 atom stereocenters. The molecule has 1 unspecified atom stereocenters. The lowest BCUT2D eigenvalue weighted by Gasteiger charge is -2.26. The zero-order chi connectivity index (χ0) is 10.3. The number of rotatable bonds is 0. The largest absolute Gasteiger partial charge is 0.378 e. The van der Waals surface area contributed by atoms with Gasteiger partial charge < -0.3 is 5.11 Å². The summed E-state index contributed by atoms with van der Waals surface area (Å²) in [4.78, 5) is 23.9. The zero-order valence-corrected chi connectivity index (χ0v) is 7.60. The monoisotopic (exact) mass is 191 g/mol. The van der Waals surface area contributed by atoms with E-state index in [1.807, 2.05) is 0 Å². The fourth-order valence-corrected chi connectivity index (χ4v) is 1.53. The molecule has 1 aliphatic rings. The van der Waals surface area contributed by atoms with E-state index in [1.54, 1.807) is 24.3 Å². The second-order valence-corrected chi connectivity index (χ2v) is 3.19. The highest BCUT2D eigenvalue weighted by Gasteiger charge is 2.34. The number of carbonyl (C=O) groups excluding carboxylic acids is 2. The summed E-state index contributed by atoms with van der Waals surface area (Å²) in [6, 6.07) is 6.58. The van der Waals surface area contributed by atoms with E-state index in [0.29, 0.717) is 11.1 Å². The van der Waals surface area contributed by atoms with Gasteiger partial charge in [0.05, 0.1) is 0 Å². The molecule has 0 aliphatic carbocycles. The second-order valence-electron chi connectivity index (χ2n) is 3.19. The molecule has 0 fully saturated rings. The summed E-state index contributed by atoms with van der Waals surface area (Å²) in [5.74, 6) is -0.940. The first-order valence-electron chi connectivity index (χ1n) is 4.22. The number of carbonyl (C=O) groups is 2. The number of amides is 2. The van der Waals surface area contributed by atoms with Crippen LogP contribution in [-0.2, 0) is 4.79 Å². The SMILES string of the molecule is CN1C(=O)c2ccccc2C(O)C1=O. The third-order valence-corrected chi connectivity index (χ3v) is 2.35. The maximum atomic E-state index is 11.6. The van der Waals surface area contributed by atoms with Crippen LogP contribution >= 0.6 is 0 Å². The van der Waals surface area contributed by atoms with Crippen LogP contribution in [0.15, 0.2) is 24.3 Å². The summed E-state index contributed by atoms with van der Waals surface area (Å²) in [5.41, 5.74) is 0.780. The Bertz CT molecular complexity index is 414. The van der Waals surface area contributed by atoms with E-state index in [4.69, 9.17) is 0 Å². The van der Waals surface area contributed by atoms with Gasteiger partial charge in [-0.1, -0.05) is 18.2 Å². The van der Waals surface area contributed by atoms with Crippen molar-refractivity contribution in [3.8, 4) is 0 Å². The summed E-state index contributed by atoms with van der Waals surface area (Å²) in [6.07, 6.45) is -1.21. The minimum absolute atomic E-state index is 0.365. The Labute approximate surface area is 80.8 Å². The van der Waals surface area contributed by atoms with E-state index >= 15 is 0 Å². The molecule has 0 saturated heterocycles. The van der Waals surface area contributed by atoms with Crippen LogP contribution in [0.2, 0.25) is 0 Å². The molecule has 1 aromatic carbocycles. The first-order valence-corrected chi connectivity index (χ1v) is 4.22. The maximum Gasteiger partial charge on any atom is 0.262 e. The number of hydrogen-bond donors (Lipinski definition) is 1. The van der Waals surface area contributed by atoms with Crippen molar-refractivity contribution in [2.45, 2.75) is 6.10 Å². The molecule has 4 heteroatoms. The van der Waals surface area contributed by atoms with E-state index in [2.05, 4.69) is 0 Å². The highest BCUT2D eigenvalue weighted by Crippen LogP contribution is 2.25. The van der Waals surface area contributed by atoms with Crippen LogP contribution in [0.1, 0.15) is 22.0 Å². The van der Waals surface area contributed by atoms with Crippen LogP contribution in [0.5, 0.6) is 0 Å². The molecule has 0 bridgehead atoms. The second kappa shape index (κ2) is 2.92. The summed E-state index contributed by atoms with van der Waals surface area (Å²) in [6.45, 7) is 0. The molecule has 1 N–H and O–H groups in total. The lowest BCUT2D eigenvalue weighted by Crippen LogP contribution is -2.41. The van der Waals surface area contributed by atoms with E-state index < -0.39 is 12.0 Å². The Hall–Kier alpha value is -1.68. The Morgan fingerprint density at radius 3 is 2.64 bits per heavy atom. The number of aliphatic hydroxyl groups excluding tert-OH is 1. The van der Waals surface area contributed by atoms with Gasteiger partial charge in [-0.2, -0.15) is 0 Å². The predicted octanol–water partition coefficient (Wildman–Crippen LogP) is 0.332. The highest BCUT2D eigenvalue weighted by atomic mass is 16.3. The van der Waals surface area contributed by atoms with E-state index in [9.17, 15) is 14.7 Å². The minimum atomic E-state index is -1.21. The van der Waals surface area contributed by atoms with Gasteiger partial charge in [0, 0.05) is 18.2 Å². The number of aliphatic hydroxyl groups is 1. The lowest BCUT2D eigenvalue weighted by molar-refractivity contribution is -0.137. The number of fused-ring (bicyclic) bond motifs is 1. The molecule has 14 heavy (non-hydrogen) atoms. The Morgan fingerprint density at radius 2 is 1.93 bits per heavy atom. The van der Waals surface area contributed by atoms with Crippen molar-refractivity contribution in [3.05, 3.63) is 35.4 Å². The van der Waals surface area contributed by atoms with Gasteiger partial charge in [-0.15, -0.1) is 0 Å². The molecule has 2 rings (SSSR count). The molecule has 4 nitrogen and oxygen atoms in total. The molecule has 0 saturated carbocycles. The van der Waals surface area contributed by atoms with Crippen molar-refractivity contribution < 1.29 is 14.7 Å². The van der Waals surface area contributed by atoms with Crippen molar-refractivity contribution in [3.63, 3.8) is 0 Å². The number of nitrogens with zero attached hydrogens (tertiary/aromatic N) is 1. The topological polar surface area (TPSA) is 57.6 Å². The van der Waals surface area contributed by atoms with Gasteiger partial charge in [0.25, 0.3) is 11.8 Å². The van der Waals surface area contributed by atoms with Gasteiger partial charge in [-0.25, -0.2) is 0 Å². The fraction of sp³-hybridized carbons (Fsp3) is 0.200. The van der Waals surface area contributed by atoms with E-state index in [1.165, 1.54) is 7.05 Å².